The third-order valence-corrected chi connectivity index (χ3v) is 6.35. The van der Waals surface area contributed by atoms with E-state index in [0.717, 1.165) is 6.42 Å². The standard InChI is InChI=1S/C25H42N6O7/c1-24(2,3)38-20(34)13-17-22(36)28-15-19(33)31-25(10-6-5-7-11-25)23(37)30-16(9-8-12-26-4)21(35)27-14-18(32)29-17/h16-17,26H,5-15H2,1-4H3,(H,27,35)(H,28,36)(H,29,32)(H,30,37)(H,31,33)/t16-,17?/m0/s1. The molecule has 5 amide bonds. The summed E-state index contributed by atoms with van der Waals surface area (Å²) >= 11 is 0. The number of nitrogens with one attached hydrogen (secondary N) is 6. The van der Waals surface area contributed by atoms with Gasteiger partial charge in [-0.05, 0) is 60.0 Å². The van der Waals surface area contributed by atoms with Gasteiger partial charge in [-0.1, -0.05) is 19.3 Å². The van der Waals surface area contributed by atoms with Crippen LogP contribution in [0.2, 0.25) is 0 Å². The van der Waals surface area contributed by atoms with Crippen LogP contribution in [0.4, 0.5) is 0 Å². The van der Waals surface area contributed by atoms with Crippen LogP contribution in [0.5, 0.6) is 0 Å². The minimum Gasteiger partial charge on any atom is -0.460 e. The molecule has 214 valence electrons. The van der Waals surface area contributed by atoms with Gasteiger partial charge in [0.1, 0.15) is 23.2 Å². The van der Waals surface area contributed by atoms with Crippen LogP contribution < -0.4 is 31.9 Å². The summed E-state index contributed by atoms with van der Waals surface area (Å²) in [6, 6.07) is -2.26. The average molecular weight is 539 g/mol. The van der Waals surface area contributed by atoms with Gasteiger partial charge in [-0.3, -0.25) is 28.8 Å². The highest BCUT2D eigenvalue weighted by Crippen LogP contribution is 2.29. The van der Waals surface area contributed by atoms with Gasteiger partial charge in [0.25, 0.3) is 0 Å². The first kappa shape index (κ1) is 31.0. The molecule has 0 aromatic rings. The Morgan fingerprint density at radius 2 is 1.53 bits per heavy atom. The van der Waals surface area contributed by atoms with E-state index in [0.29, 0.717) is 45.1 Å². The molecule has 0 aromatic carbocycles. The van der Waals surface area contributed by atoms with E-state index in [9.17, 15) is 28.8 Å². The highest BCUT2D eigenvalue weighted by atomic mass is 16.6. The van der Waals surface area contributed by atoms with Crippen molar-refractivity contribution < 1.29 is 33.5 Å². The summed E-state index contributed by atoms with van der Waals surface area (Å²) in [5.74, 6) is -3.83. The highest BCUT2D eigenvalue weighted by Gasteiger charge is 2.42. The minimum atomic E-state index is -1.33. The lowest BCUT2D eigenvalue weighted by molar-refractivity contribution is -0.156. The summed E-state index contributed by atoms with van der Waals surface area (Å²) in [4.78, 5) is 77.1. The van der Waals surface area contributed by atoms with Crippen LogP contribution >= 0.6 is 0 Å². The zero-order valence-corrected chi connectivity index (χ0v) is 22.8. The number of hydrogen-bond donors (Lipinski definition) is 6. The maximum Gasteiger partial charge on any atom is 0.308 e. The van der Waals surface area contributed by atoms with Crippen molar-refractivity contribution in [1.82, 2.24) is 31.9 Å². The second-order valence-electron chi connectivity index (χ2n) is 10.8. The SMILES string of the molecule is CNCCC[C@@H]1NC(=O)C2(CCCCC2)NC(=O)CNC(=O)C(CC(=O)OC(C)(C)C)NC(=O)CNC1=O. The molecule has 2 rings (SSSR count). The first-order chi connectivity index (χ1) is 17.8. The summed E-state index contributed by atoms with van der Waals surface area (Å²) in [5.41, 5.74) is -2.02. The lowest BCUT2D eigenvalue weighted by Gasteiger charge is -2.37. The second-order valence-corrected chi connectivity index (χ2v) is 10.8. The maximum atomic E-state index is 13.4. The van der Waals surface area contributed by atoms with E-state index in [-0.39, 0.29) is 0 Å². The van der Waals surface area contributed by atoms with Crippen molar-refractivity contribution in [3.63, 3.8) is 0 Å². The summed E-state index contributed by atoms with van der Waals surface area (Å²) < 4.78 is 5.27. The molecular weight excluding hydrogens is 496 g/mol. The number of amides is 5. The molecule has 0 aromatic heterocycles. The fourth-order valence-corrected chi connectivity index (χ4v) is 4.51. The molecule has 1 saturated carbocycles. The molecule has 38 heavy (non-hydrogen) atoms. The molecule has 2 atom stereocenters. The lowest BCUT2D eigenvalue weighted by atomic mass is 9.80. The van der Waals surface area contributed by atoms with Crippen LogP contribution in [0.15, 0.2) is 0 Å². The summed E-state index contributed by atoms with van der Waals surface area (Å²) in [6.45, 7) is 4.69. The topological polar surface area (TPSA) is 184 Å². The van der Waals surface area contributed by atoms with Crippen molar-refractivity contribution in [2.24, 2.45) is 0 Å². The zero-order chi connectivity index (χ0) is 28.3. The summed E-state index contributed by atoms with van der Waals surface area (Å²) in [7, 11) is 1.77. The molecule has 1 aliphatic carbocycles. The molecule has 2 aliphatic rings. The van der Waals surface area contributed by atoms with E-state index in [1.165, 1.54) is 0 Å². The normalized spacial score (nSPS) is 23.6. The fourth-order valence-electron chi connectivity index (χ4n) is 4.51. The molecule has 2 fully saturated rings. The van der Waals surface area contributed by atoms with E-state index in [1.807, 2.05) is 0 Å². The van der Waals surface area contributed by atoms with Gasteiger partial charge in [0.2, 0.25) is 29.5 Å². The minimum absolute atomic E-state index is 0.311. The van der Waals surface area contributed by atoms with Crippen molar-refractivity contribution in [2.45, 2.75) is 95.4 Å². The molecule has 1 aliphatic heterocycles. The van der Waals surface area contributed by atoms with E-state index >= 15 is 0 Å². The van der Waals surface area contributed by atoms with Crippen LogP contribution in [0.1, 0.15) is 72.1 Å². The van der Waals surface area contributed by atoms with Crippen LogP contribution in [0, 0.1) is 0 Å². The number of carbonyl (C=O) groups is 6. The van der Waals surface area contributed by atoms with Gasteiger partial charge in [0, 0.05) is 0 Å². The first-order valence-corrected chi connectivity index (χ1v) is 13.2. The number of carbonyl (C=O) groups excluding carboxylic acids is 6. The number of rotatable bonds is 6. The van der Waals surface area contributed by atoms with Gasteiger partial charge in [-0.25, -0.2) is 0 Å². The van der Waals surface area contributed by atoms with E-state index in [1.54, 1.807) is 27.8 Å². The fraction of sp³-hybridized carbons (Fsp3) is 0.760. The Bertz CT molecular complexity index is 895. The van der Waals surface area contributed by atoms with Crippen LogP contribution in [-0.4, -0.2) is 85.4 Å². The second kappa shape index (κ2) is 14.1. The van der Waals surface area contributed by atoms with Crippen LogP contribution in [0.3, 0.4) is 0 Å². The average Bonchev–Trinajstić information content (AvgIpc) is 2.83. The van der Waals surface area contributed by atoms with Gasteiger partial charge in [0.15, 0.2) is 0 Å². The van der Waals surface area contributed by atoms with Crippen LogP contribution in [0.25, 0.3) is 0 Å². The monoisotopic (exact) mass is 538 g/mol. The molecule has 6 N–H and O–H groups in total. The lowest BCUT2D eigenvalue weighted by Crippen LogP contribution is -2.63. The Morgan fingerprint density at radius 1 is 0.921 bits per heavy atom. The van der Waals surface area contributed by atoms with Gasteiger partial charge in [0.05, 0.1) is 19.5 Å². The quantitative estimate of drug-likeness (QED) is 0.179. The third kappa shape index (κ3) is 9.92. The molecule has 13 nitrogen and oxygen atoms in total. The number of ether oxygens (including phenoxy) is 1. The van der Waals surface area contributed by atoms with E-state index in [2.05, 4.69) is 31.9 Å². The van der Waals surface area contributed by atoms with Crippen LogP contribution in [-0.2, 0) is 33.5 Å². The van der Waals surface area contributed by atoms with E-state index in [4.69, 9.17) is 4.74 Å². The Balaban J connectivity index is 2.29. The van der Waals surface area contributed by atoms with Crippen molar-refractivity contribution in [1.29, 1.82) is 0 Å². The first-order valence-electron chi connectivity index (χ1n) is 13.2. The molecule has 13 heteroatoms. The molecule has 1 heterocycles. The molecule has 0 bridgehead atoms. The smallest absolute Gasteiger partial charge is 0.308 e. The maximum absolute atomic E-state index is 13.4. The third-order valence-electron chi connectivity index (χ3n) is 6.35. The number of hydrogen-bond acceptors (Lipinski definition) is 8. The number of esters is 1. The Hall–Kier alpha value is -3.22. The summed E-state index contributed by atoms with van der Waals surface area (Å²) in [5, 5.41) is 15.9. The largest absolute Gasteiger partial charge is 0.460 e. The predicted octanol–water partition coefficient (Wildman–Crippen LogP) is -1.25. The van der Waals surface area contributed by atoms with Gasteiger partial charge >= 0.3 is 5.97 Å². The predicted molar refractivity (Wildman–Crippen MR) is 137 cm³/mol. The van der Waals surface area contributed by atoms with Gasteiger partial charge in [-0.15, -0.1) is 0 Å². The Kier molecular flexibility index (Phi) is 11.5. The Morgan fingerprint density at radius 3 is 2.13 bits per heavy atom. The van der Waals surface area contributed by atoms with Gasteiger partial charge < -0.3 is 36.6 Å². The van der Waals surface area contributed by atoms with Crippen molar-refractivity contribution in [3.05, 3.63) is 0 Å². The molecule has 0 radical (unpaired) electrons. The van der Waals surface area contributed by atoms with Gasteiger partial charge in [-0.2, -0.15) is 0 Å². The zero-order valence-electron chi connectivity index (χ0n) is 22.8. The summed E-state index contributed by atoms with van der Waals surface area (Å²) in [6.07, 6.45) is 3.55. The van der Waals surface area contributed by atoms with E-state index < -0.39 is 78.2 Å². The van der Waals surface area contributed by atoms with Crippen molar-refractivity contribution in [3.8, 4) is 0 Å². The Labute approximate surface area is 223 Å². The molecule has 1 unspecified atom stereocenters. The molecule has 1 spiro atoms. The highest BCUT2D eigenvalue weighted by molar-refractivity contribution is 5.98. The van der Waals surface area contributed by atoms with Crippen molar-refractivity contribution >= 4 is 35.5 Å². The molecular formula is C25H42N6O7. The van der Waals surface area contributed by atoms with Crippen molar-refractivity contribution in [2.75, 3.05) is 26.7 Å². The molecule has 1 saturated heterocycles.